The summed E-state index contributed by atoms with van der Waals surface area (Å²) in [7, 11) is 1.55. The van der Waals surface area contributed by atoms with Gasteiger partial charge in [-0.2, -0.15) is 0 Å². The number of rotatable bonds is 9. The van der Waals surface area contributed by atoms with Crippen molar-refractivity contribution in [3.05, 3.63) is 69.3 Å². The summed E-state index contributed by atoms with van der Waals surface area (Å²) >= 11 is 0. The first-order valence-corrected chi connectivity index (χ1v) is 9.72. The van der Waals surface area contributed by atoms with Crippen molar-refractivity contribution in [1.29, 1.82) is 0 Å². The molecule has 8 heteroatoms. The molecule has 0 bridgehead atoms. The molecule has 8 nitrogen and oxygen atoms in total. The lowest BCUT2D eigenvalue weighted by atomic mass is 10.00. The van der Waals surface area contributed by atoms with Crippen LogP contribution in [0.4, 0.5) is 11.4 Å². The Labute approximate surface area is 175 Å². The van der Waals surface area contributed by atoms with Gasteiger partial charge in [0, 0.05) is 13.1 Å². The van der Waals surface area contributed by atoms with Crippen LogP contribution in [0.15, 0.2) is 42.5 Å². The summed E-state index contributed by atoms with van der Waals surface area (Å²) < 4.78 is 5.00. The number of hydrogen-bond donors (Lipinski definition) is 2. The number of nitrogens with zero attached hydrogens (tertiary/aromatic N) is 1. The number of nitro groups is 1. The Morgan fingerprint density at radius 1 is 1.10 bits per heavy atom. The first kappa shape index (κ1) is 22.9. The highest BCUT2D eigenvalue weighted by Gasteiger charge is 2.19. The summed E-state index contributed by atoms with van der Waals surface area (Å²) in [4.78, 5) is 34.8. The van der Waals surface area contributed by atoms with Crippen LogP contribution in [-0.4, -0.2) is 30.5 Å². The van der Waals surface area contributed by atoms with Crippen molar-refractivity contribution in [2.24, 2.45) is 5.92 Å². The molecule has 0 aromatic heterocycles. The van der Waals surface area contributed by atoms with E-state index in [1.54, 1.807) is 7.05 Å². The lowest BCUT2D eigenvalue weighted by Crippen LogP contribution is -2.31. The molecule has 0 saturated heterocycles. The van der Waals surface area contributed by atoms with Gasteiger partial charge in [0.1, 0.15) is 5.69 Å². The number of amides is 1. The molecule has 0 saturated carbocycles. The van der Waals surface area contributed by atoms with Gasteiger partial charge in [0.05, 0.1) is 16.5 Å². The smallest absolute Gasteiger partial charge is 0.338 e. The van der Waals surface area contributed by atoms with Gasteiger partial charge in [-0.25, -0.2) is 4.79 Å². The first-order valence-electron chi connectivity index (χ1n) is 9.72. The quantitative estimate of drug-likeness (QED) is 0.367. The van der Waals surface area contributed by atoms with Crippen molar-refractivity contribution < 1.29 is 19.2 Å². The van der Waals surface area contributed by atoms with Crippen molar-refractivity contribution in [3.63, 3.8) is 0 Å². The van der Waals surface area contributed by atoms with Gasteiger partial charge in [0.15, 0.2) is 6.61 Å². The highest BCUT2D eigenvalue weighted by molar-refractivity contribution is 5.93. The molecule has 0 aliphatic rings. The second-order valence-corrected chi connectivity index (χ2v) is 7.44. The predicted octanol–water partition coefficient (Wildman–Crippen LogP) is 3.87. The zero-order valence-corrected chi connectivity index (χ0v) is 17.6. The minimum absolute atomic E-state index is 0.00212. The van der Waals surface area contributed by atoms with E-state index in [0.717, 1.165) is 18.1 Å². The fourth-order valence-electron chi connectivity index (χ4n) is 3.02. The zero-order valence-electron chi connectivity index (χ0n) is 17.6. The maximum absolute atomic E-state index is 12.2. The average Bonchev–Trinajstić information content (AvgIpc) is 2.71. The van der Waals surface area contributed by atoms with Crippen LogP contribution in [-0.2, 0) is 16.0 Å². The number of hydrogen-bond acceptors (Lipinski definition) is 6. The van der Waals surface area contributed by atoms with Gasteiger partial charge in [-0.1, -0.05) is 38.1 Å². The van der Waals surface area contributed by atoms with Crippen molar-refractivity contribution in [3.8, 4) is 0 Å². The molecule has 2 aromatic rings. The maximum atomic E-state index is 12.2. The van der Waals surface area contributed by atoms with E-state index >= 15 is 0 Å². The third-order valence-corrected chi connectivity index (χ3v) is 4.53. The summed E-state index contributed by atoms with van der Waals surface area (Å²) in [6, 6.07) is 11.7. The van der Waals surface area contributed by atoms with Crippen LogP contribution in [0.2, 0.25) is 0 Å². The Balaban J connectivity index is 1.91. The van der Waals surface area contributed by atoms with E-state index in [1.165, 1.54) is 17.7 Å². The second kappa shape index (κ2) is 10.4. The predicted molar refractivity (Wildman–Crippen MR) is 114 cm³/mol. The average molecular weight is 413 g/mol. The molecule has 0 unspecified atom stereocenters. The van der Waals surface area contributed by atoms with Gasteiger partial charge in [0.2, 0.25) is 0 Å². The Morgan fingerprint density at radius 3 is 2.33 bits per heavy atom. The van der Waals surface area contributed by atoms with Crippen LogP contribution in [0.3, 0.4) is 0 Å². The third kappa shape index (κ3) is 6.30. The maximum Gasteiger partial charge on any atom is 0.338 e. The van der Waals surface area contributed by atoms with Gasteiger partial charge in [-0.3, -0.25) is 14.9 Å². The Kier molecular flexibility index (Phi) is 7.91. The minimum Gasteiger partial charge on any atom is -0.452 e. The fraction of sp³-hybridized carbons (Fsp3) is 0.364. The van der Waals surface area contributed by atoms with Crippen molar-refractivity contribution in [2.75, 3.05) is 19.0 Å². The Bertz CT molecular complexity index is 909. The van der Waals surface area contributed by atoms with E-state index in [9.17, 15) is 19.7 Å². The fourth-order valence-corrected chi connectivity index (χ4v) is 3.02. The van der Waals surface area contributed by atoms with Crippen LogP contribution in [0, 0.1) is 16.0 Å². The van der Waals surface area contributed by atoms with E-state index in [0.29, 0.717) is 5.92 Å². The number of carbonyl (C=O) groups excluding carboxylic acids is 2. The molecule has 1 amide bonds. The number of anilines is 1. The van der Waals surface area contributed by atoms with E-state index in [1.807, 2.05) is 31.2 Å². The van der Waals surface area contributed by atoms with Gasteiger partial charge in [0.25, 0.3) is 11.6 Å². The van der Waals surface area contributed by atoms with Crippen LogP contribution in [0.25, 0.3) is 0 Å². The molecule has 0 heterocycles. The molecule has 0 fully saturated rings. The molecular formula is C22H27N3O5. The molecule has 160 valence electrons. The van der Waals surface area contributed by atoms with Gasteiger partial charge in [-0.15, -0.1) is 0 Å². The van der Waals surface area contributed by atoms with Gasteiger partial charge in [-0.05, 0) is 42.5 Å². The summed E-state index contributed by atoms with van der Waals surface area (Å²) in [6.45, 7) is 5.68. The van der Waals surface area contributed by atoms with E-state index in [4.69, 9.17) is 4.74 Å². The van der Waals surface area contributed by atoms with Crippen molar-refractivity contribution in [1.82, 2.24) is 5.32 Å². The number of nitrogens with one attached hydrogen (secondary N) is 2. The topological polar surface area (TPSA) is 111 Å². The zero-order chi connectivity index (χ0) is 22.3. The van der Waals surface area contributed by atoms with Crippen LogP contribution < -0.4 is 10.6 Å². The number of esters is 1. The summed E-state index contributed by atoms with van der Waals surface area (Å²) in [5, 5.41) is 16.6. The Hall–Kier alpha value is -3.42. The summed E-state index contributed by atoms with van der Waals surface area (Å²) in [5.74, 6) is -0.691. The van der Waals surface area contributed by atoms with E-state index < -0.39 is 23.4 Å². The number of nitro benzene ring substituents is 1. The van der Waals surface area contributed by atoms with Gasteiger partial charge < -0.3 is 15.4 Å². The molecule has 30 heavy (non-hydrogen) atoms. The van der Waals surface area contributed by atoms with Gasteiger partial charge >= 0.3 is 5.97 Å². The SMILES string of the molecule is CNc1ccc(C(=O)OCC(=O)N[C@H](C)c2ccc(CC(C)C)cc2)cc1[N+](=O)[O-]. The molecule has 2 N–H and O–H groups in total. The number of benzene rings is 2. The monoisotopic (exact) mass is 413 g/mol. The van der Waals surface area contributed by atoms with Crippen LogP contribution in [0.1, 0.15) is 48.3 Å². The highest BCUT2D eigenvalue weighted by Crippen LogP contribution is 2.25. The molecule has 0 radical (unpaired) electrons. The number of ether oxygens (including phenoxy) is 1. The van der Waals surface area contributed by atoms with Crippen molar-refractivity contribution in [2.45, 2.75) is 33.2 Å². The Morgan fingerprint density at radius 2 is 1.77 bits per heavy atom. The standard InChI is InChI=1S/C22H27N3O5/c1-14(2)11-16-5-7-17(8-6-16)15(3)24-21(26)13-30-22(27)18-9-10-19(23-4)20(12-18)25(28)29/h5-10,12,14-15,23H,11,13H2,1-4H3,(H,24,26)/t15-/m1/s1. The molecule has 0 aliphatic heterocycles. The van der Waals surface area contributed by atoms with E-state index in [-0.39, 0.29) is 23.0 Å². The minimum atomic E-state index is -0.804. The first-order chi connectivity index (χ1) is 14.2. The third-order valence-electron chi connectivity index (χ3n) is 4.53. The highest BCUT2D eigenvalue weighted by atomic mass is 16.6. The van der Waals surface area contributed by atoms with Crippen molar-refractivity contribution >= 4 is 23.3 Å². The molecule has 1 atom stereocenters. The molecule has 0 aliphatic carbocycles. The van der Waals surface area contributed by atoms with E-state index in [2.05, 4.69) is 24.5 Å². The largest absolute Gasteiger partial charge is 0.452 e. The molecular weight excluding hydrogens is 386 g/mol. The van der Waals surface area contributed by atoms with Crippen LogP contribution in [0.5, 0.6) is 0 Å². The summed E-state index contributed by atoms with van der Waals surface area (Å²) in [5.41, 5.74) is 2.22. The lowest BCUT2D eigenvalue weighted by molar-refractivity contribution is -0.384. The second-order valence-electron chi connectivity index (χ2n) is 7.44. The summed E-state index contributed by atoms with van der Waals surface area (Å²) in [6.07, 6.45) is 0.991. The van der Waals surface area contributed by atoms with Crippen LogP contribution >= 0.6 is 0 Å². The lowest BCUT2D eigenvalue weighted by Gasteiger charge is -2.15. The number of carbonyl (C=O) groups is 2. The molecule has 2 rings (SSSR count). The molecule has 2 aromatic carbocycles. The molecule has 0 spiro atoms. The normalized spacial score (nSPS) is 11.6.